The quantitative estimate of drug-likeness (QED) is 0.278. The Morgan fingerprint density at radius 1 is 1.00 bits per heavy atom. The number of carbonyl (C=O) groups excluding carboxylic acids is 1. The van der Waals surface area contributed by atoms with Gasteiger partial charge in [-0.1, -0.05) is 58.4 Å². The number of hydrogen-bond donors (Lipinski definition) is 3. The van der Waals surface area contributed by atoms with Gasteiger partial charge in [0, 0.05) is 27.4 Å². The van der Waals surface area contributed by atoms with Crippen LogP contribution in [0.5, 0.6) is 5.75 Å². The summed E-state index contributed by atoms with van der Waals surface area (Å²) in [7, 11) is 1.57. The number of fused-ring (bicyclic) bond motifs is 1. The van der Waals surface area contributed by atoms with E-state index >= 15 is 0 Å². The number of aliphatic carboxylic acids is 1. The molecule has 0 radical (unpaired) electrons. The Morgan fingerprint density at radius 3 is 2.42 bits per heavy atom. The summed E-state index contributed by atoms with van der Waals surface area (Å²) in [5.74, 6) is -0.800. The number of benzene rings is 3. The number of aromatic nitrogens is 1. The number of nitrogens with zero attached hydrogens (tertiary/aromatic N) is 1. The van der Waals surface area contributed by atoms with Gasteiger partial charge in [-0.15, -0.1) is 0 Å². The van der Waals surface area contributed by atoms with Crippen molar-refractivity contribution in [1.82, 2.24) is 15.4 Å². The monoisotopic (exact) mass is 573 g/mol. The second kappa shape index (κ2) is 10.5. The molecule has 0 bridgehead atoms. The minimum atomic E-state index is -1.06. The number of pyridine rings is 1. The van der Waals surface area contributed by atoms with Crippen LogP contribution in [0.1, 0.15) is 30.0 Å². The van der Waals surface area contributed by atoms with Crippen molar-refractivity contribution in [2.45, 2.75) is 18.9 Å². The zero-order chi connectivity index (χ0) is 26.8. The third kappa shape index (κ3) is 4.92. The van der Waals surface area contributed by atoms with E-state index in [0.29, 0.717) is 22.5 Å². The average Bonchev–Trinajstić information content (AvgIpc) is 3.37. The number of halogens is 1. The number of rotatable bonds is 7. The molecule has 192 valence electrons. The molecular formula is C29H24BrN3O5. The van der Waals surface area contributed by atoms with Gasteiger partial charge in [0.15, 0.2) is 0 Å². The van der Waals surface area contributed by atoms with E-state index in [0.717, 1.165) is 26.5 Å². The predicted molar refractivity (Wildman–Crippen MR) is 148 cm³/mol. The van der Waals surface area contributed by atoms with E-state index in [4.69, 9.17) is 9.84 Å². The first-order chi connectivity index (χ1) is 18.4. The minimum Gasteiger partial charge on any atom is -0.497 e. The van der Waals surface area contributed by atoms with Crippen LogP contribution in [0.2, 0.25) is 0 Å². The maximum atomic E-state index is 13.6. The van der Waals surface area contributed by atoms with Crippen LogP contribution >= 0.6 is 15.9 Å². The molecule has 0 unspecified atom stereocenters. The van der Waals surface area contributed by atoms with Gasteiger partial charge in [-0.2, -0.15) is 0 Å². The summed E-state index contributed by atoms with van der Waals surface area (Å²) in [4.78, 5) is 40.9. The Kier molecular flexibility index (Phi) is 7.02. The van der Waals surface area contributed by atoms with Crippen molar-refractivity contribution in [1.29, 1.82) is 0 Å². The van der Waals surface area contributed by atoms with Crippen molar-refractivity contribution in [2.24, 2.45) is 0 Å². The molecule has 9 heteroatoms. The van der Waals surface area contributed by atoms with Crippen molar-refractivity contribution in [2.75, 3.05) is 7.11 Å². The number of carboxylic acid groups (broad SMARTS) is 1. The fourth-order valence-electron chi connectivity index (χ4n) is 4.63. The number of nitrogens with one attached hydrogen (secondary N) is 2. The number of amides is 1. The molecule has 4 aromatic rings. The molecule has 0 aliphatic carbocycles. The smallest absolute Gasteiger partial charge is 0.303 e. The van der Waals surface area contributed by atoms with E-state index in [1.807, 2.05) is 66.7 Å². The van der Waals surface area contributed by atoms with Gasteiger partial charge in [0.2, 0.25) is 5.91 Å². The molecule has 0 spiro atoms. The summed E-state index contributed by atoms with van der Waals surface area (Å²) >= 11 is 3.54. The third-order valence-electron chi connectivity index (χ3n) is 6.43. The fourth-order valence-corrected chi connectivity index (χ4v) is 4.99. The van der Waals surface area contributed by atoms with Gasteiger partial charge in [-0.05, 0) is 47.5 Å². The van der Waals surface area contributed by atoms with Gasteiger partial charge in [0.25, 0.3) is 5.56 Å². The van der Waals surface area contributed by atoms with Crippen LogP contribution in [0.15, 0.2) is 88.1 Å². The molecule has 2 heterocycles. The SMILES string of the molecule is COc1ccc([C@H]2C=C(c3c(-c4ccccc4)c4cc(Br)ccc4[nH]c3=O)NN2C(=O)CCC(=O)O)cc1. The van der Waals surface area contributed by atoms with Crippen LogP contribution in [0.25, 0.3) is 27.7 Å². The molecule has 1 amide bonds. The van der Waals surface area contributed by atoms with Crippen molar-refractivity contribution in [3.05, 3.63) is 105 Å². The first kappa shape index (κ1) is 25.3. The lowest BCUT2D eigenvalue weighted by Crippen LogP contribution is -2.40. The van der Waals surface area contributed by atoms with Gasteiger partial charge in [-0.3, -0.25) is 19.8 Å². The summed E-state index contributed by atoms with van der Waals surface area (Å²) in [5, 5.41) is 11.4. The van der Waals surface area contributed by atoms with Crippen LogP contribution in [0, 0.1) is 0 Å². The topological polar surface area (TPSA) is 112 Å². The van der Waals surface area contributed by atoms with Crippen LogP contribution in [0.3, 0.4) is 0 Å². The second-order valence-corrected chi connectivity index (χ2v) is 9.74. The van der Waals surface area contributed by atoms with Crippen LogP contribution in [0.4, 0.5) is 0 Å². The van der Waals surface area contributed by atoms with E-state index in [2.05, 4.69) is 26.3 Å². The highest BCUT2D eigenvalue weighted by Crippen LogP contribution is 2.38. The summed E-state index contributed by atoms with van der Waals surface area (Å²) in [5.41, 5.74) is 6.67. The lowest BCUT2D eigenvalue weighted by atomic mass is 9.94. The molecule has 0 saturated heterocycles. The number of hydrazine groups is 1. The maximum Gasteiger partial charge on any atom is 0.303 e. The Labute approximate surface area is 226 Å². The first-order valence-electron chi connectivity index (χ1n) is 11.9. The summed E-state index contributed by atoms with van der Waals surface area (Å²) in [6.45, 7) is 0. The van der Waals surface area contributed by atoms with E-state index < -0.39 is 17.9 Å². The molecule has 38 heavy (non-hydrogen) atoms. The molecule has 8 nitrogen and oxygen atoms in total. The van der Waals surface area contributed by atoms with E-state index in [1.54, 1.807) is 19.2 Å². The van der Waals surface area contributed by atoms with Crippen molar-refractivity contribution in [3.63, 3.8) is 0 Å². The average molecular weight is 574 g/mol. The number of ether oxygens (including phenoxy) is 1. The molecule has 3 aromatic carbocycles. The highest BCUT2D eigenvalue weighted by molar-refractivity contribution is 9.10. The second-order valence-electron chi connectivity index (χ2n) is 8.83. The summed E-state index contributed by atoms with van der Waals surface area (Å²) in [6, 6.07) is 21.9. The number of aromatic amines is 1. The van der Waals surface area contributed by atoms with Crippen LogP contribution in [-0.2, 0) is 9.59 Å². The number of methoxy groups -OCH3 is 1. The number of carboxylic acids is 1. The standard InChI is InChI=1S/C29H24BrN3O5/c1-38-20-10-7-17(8-11-20)24-16-23(32-33(24)25(34)13-14-26(35)36)28-27(18-5-3-2-4-6-18)21-15-19(30)9-12-22(21)31-29(28)37/h2-12,15-16,24,32H,13-14H2,1H3,(H,31,37)(H,35,36)/t24-/m1/s1. The lowest BCUT2D eigenvalue weighted by molar-refractivity contribution is -0.142. The Hall–Kier alpha value is -4.37. The number of H-pyrrole nitrogens is 1. The molecule has 1 atom stereocenters. The van der Waals surface area contributed by atoms with Crippen molar-refractivity contribution >= 4 is 44.4 Å². The molecule has 5 rings (SSSR count). The zero-order valence-corrected chi connectivity index (χ0v) is 22.0. The molecule has 0 fully saturated rings. The van der Waals surface area contributed by atoms with Crippen LogP contribution in [-0.4, -0.2) is 34.1 Å². The summed E-state index contributed by atoms with van der Waals surface area (Å²) in [6.07, 6.45) is 1.32. The van der Waals surface area contributed by atoms with E-state index in [-0.39, 0.29) is 18.4 Å². The fraction of sp³-hybridized carbons (Fsp3) is 0.138. The minimum absolute atomic E-state index is 0.192. The normalized spacial score (nSPS) is 14.7. The van der Waals surface area contributed by atoms with Gasteiger partial charge < -0.3 is 14.8 Å². The van der Waals surface area contributed by atoms with Gasteiger partial charge in [-0.25, -0.2) is 5.01 Å². The largest absolute Gasteiger partial charge is 0.497 e. The first-order valence-corrected chi connectivity index (χ1v) is 12.7. The van der Waals surface area contributed by atoms with Crippen molar-refractivity contribution < 1.29 is 19.4 Å². The maximum absolute atomic E-state index is 13.6. The lowest BCUT2D eigenvalue weighted by Gasteiger charge is -2.26. The van der Waals surface area contributed by atoms with E-state index in [9.17, 15) is 14.4 Å². The summed E-state index contributed by atoms with van der Waals surface area (Å²) < 4.78 is 6.12. The van der Waals surface area contributed by atoms with Crippen LogP contribution < -0.4 is 15.7 Å². The van der Waals surface area contributed by atoms with Gasteiger partial charge >= 0.3 is 5.97 Å². The zero-order valence-electron chi connectivity index (χ0n) is 20.4. The van der Waals surface area contributed by atoms with Gasteiger partial charge in [0.1, 0.15) is 5.75 Å². The number of hydrogen-bond acceptors (Lipinski definition) is 5. The molecule has 3 N–H and O–H groups in total. The Balaban J connectivity index is 1.69. The highest BCUT2D eigenvalue weighted by atomic mass is 79.9. The molecule has 1 aliphatic rings. The van der Waals surface area contributed by atoms with Crippen molar-refractivity contribution in [3.8, 4) is 16.9 Å². The highest BCUT2D eigenvalue weighted by Gasteiger charge is 2.33. The van der Waals surface area contributed by atoms with E-state index in [1.165, 1.54) is 5.01 Å². The Morgan fingerprint density at radius 2 is 1.74 bits per heavy atom. The predicted octanol–water partition coefficient (Wildman–Crippen LogP) is 5.26. The molecule has 0 saturated carbocycles. The Bertz CT molecular complexity index is 1610. The third-order valence-corrected chi connectivity index (χ3v) is 6.92. The molecule has 1 aliphatic heterocycles. The van der Waals surface area contributed by atoms with Gasteiger partial charge in [0.05, 0.1) is 30.8 Å². The number of carbonyl (C=O) groups is 2. The molecule has 1 aromatic heterocycles. The molecular weight excluding hydrogens is 550 g/mol.